The van der Waals surface area contributed by atoms with Crippen molar-refractivity contribution in [1.29, 1.82) is 0 Å². The number of aliphatic hydroxyl groups is 1. The van der Waals surface area contributed by atoms with Crippen molar-refractivity contribution >= 4 is 29.1 Å². The normalized spacial score (nSPS) is 18.1. The highest BCUT2D eigenvalue weighted by Gasteiger charge is 2.47. The van der Waals surface area contributed by atoms with Crippen LogP contribution >= 0.6 is 11.6 Å². The number of carbonyl (C=O) groups excluding carboxylic acids is 2. The van der Waals surface area contributed by atoms with Crippen LogP contribution in [0, 0.1) is 0 Å². The first kappa shape index (κ1) is 19.8. The molecule has 2 aromatic carbocycles. The van der Waals surface area contributed by atoms with Gasteiger partial charge in [0.05, 0.1) is 25.5 Å². The van der Waals surface area contributed by atoms with Crippen LogP contribution in [0.15, 0.2) is 76.9 Å². The van der Waals surface area contributed by atoms with Crippen molar-refractivity contribution < 1.29 is 23.8 Å². The SMILES string of the molecule is COc1ccccc1CN1C(=O)C(=O)/C(=C(\O)c2cccc(Cl)c2)C1c1ccco1. The first-order valence-electron chi connectivity index (χ1n) is 9.21. The summed E-state index contributed by atoms with van der Waals surface area (Å²) in [7, 11) is 1.54. The number of carbonyl (C=O) groups is 2. The average molecular weight is 424 g/mol. The van der Waals surface area contributed by atoms with Gasteiger partial charge in [0.2, 0.25) is 0 Å². The van der Waals surface area contributed by atoms with Crippen LogP contribution in [0.5, 0.6) is 5.75 Å². The van der Waals surface area contributed by atoms with E-state index in [2.05, 4.69) is 0 Å². The van der Waals surface area contributed by atoms with Crippen molar-refractivity contribution in [3.05, 3.63) is 94.4 Å². The Labute approximate surface area is 177 Å². The van der Waals surface area contributed by atoms with E-state index in [9.17, 15) is 14.7 Å². The highest BCUT2D eigenvalue weighted by atomic mass is 35.5. The predicted octanol–water partition coefficient (Wildman–Crippen LogP) is 4.56. The van der Waals surface area contributed by atoms with E-state index in [1.807, 2.05) is 18.2 Å². The summed E-state index contributed by atoms with van der Waals surface area (Å²) in [4.78, 5) is 27.3. The van der Waals surface area contributed by atoms with Crippen LogP contribution in [-0.4, -0.2) is 28.8 Å². The smallest absolute Gasteiger partial charge is 0.296 e. The fourth-order valence-corrected chi connectivity index (χ4v) is 3.78. The van der Waals surface area contributed by atoms with Crippen molar-refractivity contribution in [3.63, 3.8) is 0 Å². The molecule has 0 radical (unpaired) electrons. The number of hydrogen-bond donors (Lipinski definition) is 1. The van der Waals surface area contributed by atoms with Crippen molar-refractivity contribution in [3.8, 4) is 5.75 Å². The molecule has 152 valence electrons. The Kier molecular flexibility index (Phi) is 5.33. The molecule has 3 aromatic rings. The molecule has 1 aliphatic heterocycles. The lowest BCUT2D eigenvalue weighted by atomic mass is 9.99. The van der Waals surface area contributed by atoms with E-state index in [-0.39, 0.29) is 17.9 Å². The Balaban J connectivity index is 1.84. The molecular weight excluding hydrogens is 406 g/mol. The fraction of sp³-hybridized carbons (Fsp3) is 0.130. The molecule has 0 saturated carbocycles. The lowest BCUT2D eigenvalue weighted by molar-refractivity contribution is -0.140. The molecule has 2 heterocycles. The maximum Gasteiger partial charge on any atom is 0.296 e. The number of rotatable bonds is 5. The molecule has 1 fully saturated rings. The molecule has 0 bridgehead atoms. The van der Waals surface area contributed by atoms with Crippen LogP contribution < -0.4 is 4.74 Å². The molecule has 0 aliphatic carbocycles. The zero-order valence-corrected chi connectivity index (χ0v) is 16.8. The van der Waals surface area contributed by atoms with Gasteiger partial charge in [-0.15, -0.1) is 0 Å². The van der Waals surface area contributed by atoms with Gasteiger partial charge in [-0.1, -0.05) is 41.9 Å². The Morgan fingerprint density at radius 1 is 1.13 bits per heavy atom. The summed E-state index contributed by atoms with van der Waals surface area (Å²) in [5.74, 6) is -0.866. The molecule has 1 atom stereocenters. The van der Waals surface area contributed by atoms with Crippen LogP contribution in [0.1, 0.15) is 22.9 Å². The van der Waals surface area contributed by atoms with Crippen molar-refractivity contribution in [2.24, 2.45) is 0 Å². The summed E-state index contributed by atoms with van der Waals surface area (Å²) in [6, 6.07) is 16.1. The molecular formula is C23H18ClNO5. The molecule has 7 heteroatoms. The van der Waals surface area contributed by atoms with E-state index < -0.39 is 17.7 Å². The van der Waals surface area contributed by atoms with Gasteiger partial charge in [0.15, 0.2) is 0 Å². The van der Waals surface area contributed by atoms with E-state index in [0.717, 1.165) is 5.56 Å². The maximum atomic E-state index is 13.0. The quantitative estimate of drug-likeness (QED) is 0.369. The molecule has 6 nitrogen and oxygen atoms in total. The number of amides is 1. The number of aliphatic hydroxyl groups excluding tert-OH is 1. The van der Waals surface area contributed by atoms with E-state index in [1.165, 1.54) is 24.3 Å². The van der Waals surface area contributed by atoms with E-state index in [4.69, 9.17) is 20.8 Å². The second-order valence-corrected chi connectivity index (χ2v) is 7.20. The summed E-state index contributed by atoms with van der Waals surface area (Å²) >= 11 is 6.04. The van der Waals surface area contributed by atoms with Crippen LogP contribution in [0.4, 0.5) is 0 Å². The van der Waals surface area contributed by atoms with Crippen molar-refractivity contribution in [1.82, 2.24) is 4.90 Å². The number of hydrogen-bond acceptors (Lipinski definition) is 5. The number of furan rings is 1. The van der Waals surface area contributed by atoms with Gasteiger partial charge in [-0.2, -0.15) is 0 Å². The van der Waals surface area contributed by atoms with Crippen LogP contribution in [-0.2, 0) is 16.1 Å². The molecule has 30 heavy (non-hydrogen) atoms. The number of methoxy groups -OCH3 is 1. The number of nitrogens with zero attached hydrogens (tertiary/aromatic N) is 1. The third-order valence-electron chi connectivity index (χ3n) is 4.98. The summed E-state index contributed by atoms with van der Waals surface area (Å²) in [6.07, 6.45) is 1.46. The summed E-state index contributed by atoms with van der Waals surface area (Å²) in [5.41, 5.74) is 1.02. The van der Waals surface area contributed by atoms with Gasteiger partial charge in [-0.05, 0) is 30.3 Å². The highest BCUT2D eigenvalue weighted by molar-refractivity contribution is 6.46. The number of halogens is 1. The lowest BCUT2D eigenvalue weighted by Crippen LogP contribution is -2.29. The first-order valence-corrected chi connectivity index (χ1v) is 9.58. The Morgan fingerprint density at radius 3 is 2.63 bits per heavy atom. The molecule has 1 aromatic heterocycles. The van der Waals surface area contributed by atoms with Crippen LogP contribution in [0.2, 0.25) is 5.02 Å². The molecule has 1 unspecified atom stereocenters. The van der Waals surface area contributed by atoms with Gasteiger partial charge in [-0.25, -0.2) is 0 Å². The van der Waals surface area contributed by atoms with Gasteiger partial charge < -0.3 is 19.2 Å². The zero-order valence-electron chi connectivity index (χ0n) is 16.0. The Hall–Kier alpha value is -3.51. The fourth-order valence-electron chi connectivity index (χ4n) is 3.59. The molecule has 1 aliphatic rings. The number of ether oxygens (including phenoxy) is 1. The second kappa shape index (κ2) is 8.08. The van der Waals surface area contributed by atoms with Gasteiger partial charge >= 0.3 is 0 Å². The topological polar surface area (TPSA) is 80.0 Å². The number of para-hydroxylation sites is 1. The number of benzene rings is 2. The number of likely N-dealkylation sites (tertiary alicyclic amines) is 1. The van der Waals surface area contributed by atoms with Gasteiger partial charge in [0, 0.05) is 16.1 Å². The molecule has 4 rings (SSSR count). The van der Waals surface area contributed by atoms with E-state index in [1.54, 1.807) is 36.4 Å². The van der Waals surface area contributed by atoms with E-state index >= 15 is 0 Å². The number of ketones is 1. The Morgan fingerprint density at radius 2 is 1.93 bits per heavy atom. The van der Waals surface area contributed by atoms with Crippen molar-refractivity contribution in [2.75, 3.05) is 7.11 Å². The first-order chi connectivity index (χ1) is 14.5. The standard InChI is InChI=1S/C23H18ClNO5/c1-29-17-9-3-2-6-15(17)13-25-20(18-10-5-11-30-18)19(22(27)23(25)28)21(26)14-7-4-8-16(24)12-14/h2-12,20,26H,13H2,1H3/b21-19-. The number of Topliss-reactive ketones (excluding diaryl/α,β-unsaturated/α-hetero) is 1. The molecule has 1 saturated heterocycles. The highest BCUT2D eigenvalue weighted by Crippen LogP contribution is 2.41. The zero-order chi connectivity index (χ0) is 21.3. The molecule has 0 spiro atoms. The minimum absolute atomic E-state index is 0.0490. The van der Waals surface area contributed by atoms with Gasteiger partial charge in [0.25, 0.3) is 11.7 Å². The largest absolute Gasteiger partial charge is 0.507 e. The molecule has 1 amide bonds. The third kappa shape index (κ3) is 3.46. The summed E-state index contributed by atoms with van der Waals surface area (Å²) < 4.78 is 10.9. The molecule has 1 N–H and O–H groups in total. The van der Waals surface area contributed by atoms with Crippen molar-refractivity contribution in [2.45, 2.75) is 12.6 Å². The predicted molar refractivity (Wildman–Crippen MR) is 111 cm³/mol. The lowest BCUT2D eigenvalue weighted by Gasteiger charge is -2.24. The maximum absolute atomic E-state index is 13.0. The third-order valence-corrected chi connectivity index (χ3v) is 5.22. The van der Waals surface area contributed by atoms with E-state index in [0.29, 0.717) is 22.1 Å². The average Bonchev–Trinajstić information content (AvgIpc) is 3.36. The van der Waals surface area contributed by atoms with Gasteiger partial charge in [0.1, 0.15) is 23.3 Å². The van der Waals surface area contributed by atoms with Gasteiger partial charge in [-0.3, -0.25) is 9.59 Å². The van der Waals surface area contributed by atoms with Crippen LogP contribution in [0.3, 0.4) is 0 Å². The monoisotopic (exact) mass is 423 g/mol. The minimum atomic E-state index is -0.885. The summed E-state index contributed by atoms with van der Waals surface area (Å²) in [6.45, 7) is 0.103. The minimum Gasteiger partial charge on any atom is -0.507 e. The summed E-state index contributed by atoms with van der Waals surface area (Å²) in [5, 5.41) is 11.3. The van der Waals surface area contributed by atoms with Crippen LogP contribution in [0.25, 0.3) is 5.76 Å². The second-order valence-electron chi connectivity index (χ2n) is 6.76. The Bertz CT molecular complexity index is 1140.